The average Bonchev–Trinajstić information content (AvgIpc) is 2.20. The second-order valence-electron chi connectivity index (χ2n) is 5.28. The lowest BCUT2D eigenvalue weighted by Crippen LogP contribution is -2.39. The van der Waals surface area contributed by atoms with Crippen molar-refractivity contribution in [1.82, 2.24) is 4.98 Å². The SMILES string of the molecule is CCC(CC)(c1cccnc1)C(C)(C)C. The molecule has 0 atom stereocenters. The first-order valence-electron chi connectivity index (χ1n) is 5.88. The largest absolute Gasteiger partial charge is 0.264 e. The Labute approximate surface area is 93.9 Å². The number of aromatic nitrogens is 1. The Morgan fingerprint density at radius 3 is 2.07 bits per heavy atom. The summed E-state index contributed by atoms with van der Waals surface area (Å²) in [4.78, 5) is 4.26. The van der Waals surface area contributed by atoms with Crippen LogP contribution >= 0.6 is 0 Å². The summed E-state index contributed by atoms with van der Waals surface area (Å²) in [6.45, 7) is 11.5. The Hall–Kier alpha value is -0.850. The van der Waals surface area contributed by atoms with Gasteiger partial charge in [0, 0.05) is 17.8 Å². The van der Waals surface area contributed by atoms with Gasteiger partial charge < -0.3 is 0 Å². The first-order valence-corrected chi connectivity index (χ1v) is 5.88. The minimum absolute atomic E-state index is 0.251. The van der Waals surface area contributed by atoms with E-state index in [-0.39, 0.29) is 10.8 Å². The molecule has 1 rings (SSSR count). The second kappa shape index (κ2) is 4.34. The van der Waals surface area contributed by atoms with E-state index in [4.69, 9.17) is 0 Å². The summed E-state index contributed by atoms with van der Waals surface area (Å²) in [5, 5.41) is 0. The molecule has 1 aromatic heterocycles. The van der Waals surface area contributed by atoms with Crippen LogP contribution in [-0.4, -0.2) is 4.98 Å². The van der Waals surface area contributed by atoms with Gasteiger partial charge in [-0.2, -0.15) is 0 Å². The van der Waals surface area contributed by atoms with Gasteiger partial charge in [0.15, 0.2) is 0 Å². The number of pyridine rings is 1. The van der Waals surface area contributed by atoms with Gasteiger partial charge in [0.05, 0.1) is 0 Å². The summed E-state index contributed by atoms with van der Waals surface area (Å²) >= 11 is 0. The Morgan fingerprint density at radius 2 is 1.73 bits per heavy atom. The van der Waals surface area contributed by atoms with Gasteiger partial charge in [-0.3, -0.25) is 4.98 Å². The third-order valence-electron chi connectivity index (χ3n) is 3.86. The van der Waals surface area contributed by atoms with E-state index in [0.717, 1.165) is 0 Å². The minimum atomic E-state index is 0.251. The first-order chi connectivity index (χ1) is 6.98. The van der Waals surface area contributed by atoms with Gasteiger partial charge in [-0.25, -0.2) is 0 Å². The molecular formula is C14H23N. The number of hydrogen-bond acceptors (Lipinski definition) is 1. The van der Waals surface area contributed by atoms with Crippen LogP contribution in [0.2, 0.25) is 0 Å². The zero-order chi connectivity index (χ0) is 11.5. The summed E-state index contributed by atoms with van der Waals surface area (Å²) in [5.41, 5.74) is 1.91. The van der Waals surface area contributed by atoms with E-state index in [1.807, 2.05) is 18.5 Å². The first kappa shape index (κ1) is 12.2. The highest BCUT2D eigenvalue weighted by molar-refractivity contribution is 5.24. The predicted molar refractivity (Wildman–Crippen MR) is 66.0 cm³/mol. The molecule has 0 aliphatic heterocycles. The smallest absolute Gasteiger partial charge is 0.0305 e. The van der Waals surface area contributed by atoms with Crippen molar-refractivity contribution in [3.8, 4) is 0 Å². The highest BCUT2D eigenvalue weighted by Gasteiger charge is 2.40. The van der Waals surface area contributed by atoms with Gasteiger partial charge in [-0.05, 0) is 29.9 Å². The van der Waals surface area contributed by atoms with Crippen LogP contribution in [0.5, 0.6) is 0 Å². The van der Waals surface area contributed by atoms with Gasteiger partial charge >= 0.3 is 0 Å². The summed E-state index contributed by atoms with van der Waals surface area (Å²) in [6.07, 6.45) is 6.21. The molecule has 1 heterocycles. The van der Waals surface area contributed by atoms with E-state index >= 15 is 0 Å². The molecule has 0 radical (unpaired) electrons. The lowest BCUT2D eigenvalue weighted by Gasteiger charge is -2.44. The third-order valence-corrected chi connectivity index (χ3v) is 3.86. The van der Waals surface area contributed by atoms with E-state index in [1.165, 1.54) is 18.4 Å². The van der Waals surface area contributed by atoms with Crippen LogP contribution in [0.25, 0.3) is 0 Å². The fraction of sp³-hybridized carbons (Fsp3) is 0.643. The molecule has 0 saturated carbocycles. The lowest BCUT2D eigenvalue weighted by molar-refractivity contribution is 0.167. The van der Waals surface area contributed by atoms with Gasteiger partial charge in [-0.15, -0.1) is 0 Å². The third kappa shape index (κ3) is 2.06. The molecule has 0 aliphatic carbocycles. The number of nitrogens with zero attached hydrogens (tertiary/aromatic N) is 1. The van der Waals surface area contributed by atoms with Gasteiger partial charge in [0.2, 0.25) is 0 Å². The molecule has 0 amide bonds. The van der Waals surface area contributed by atoms with Crippen molar-refractivity contribution in [3.63, 3.8) is 0 Å². The molecular weight excluding hydrogens is 182 g/mol. The maximum Gasteiger partial charge on any atom is 0.0305 e. The standard InChI is InChI=1S/C14H23N/c1-6-14(7-2,13(3,4)5)12-9-8-10-15-11-12/h8-11H,6-7H2,1-5H3. The van der Waals surface area contributed by atoms with E-state index in [2.05, 4.69) is 45.7 Å². The van der Waals surface area contributed by atoms with Gasteiger partial charge in [-0.1, -0.05) is 40.7 Å². The fourth-order valence-electron chi connectivity index (χ4n) is 2.80. The molecule has 0 unspecified atom stereocenters. The minimum Gasteiger partial charge on any atom is -0.264 e. The predicted octanol–water partition coefficient (Wildman–Crippen LogP) is 4.19. The van der Waals surface area contributed by atoms with Crippen molar-refractivity contribution in [2.75, 3.05) is 0 Å². The highest BCUT2D eigenvalue weighted by Crippen LogP contribution is 2.46. The van der Waals surface area contributed by atoms with E-state index < -0.39 is 0 Å². The molecule has 0 bridgehead atoms. The van der Waals surface area contributed by atoms with Crippen LogP contribution in [0.4, 0.5) is 0 Å². The summed E-state index contributed by atoms with van der Waals surface area (Å²) in [6, 6.07) is 4.26. The fourth-order valence-corrected chi connectivity index (χ4v) is 2.80. The molecule has 84 valence electrons. The molecule has 0 aromatic carbocycles. The summed E-state index contributed by atoms with van der Waals surface area (Å²) in [7, 11) is 0. The molecule has 1 aromatic rings. The van der Waals surface area contributed by atoms with Crippen molar-refractivity contribution >= 4 is 0 Å². The van der Waals surface area contributed by atoms with Crippen molar-refractivity contribution < 1.29 is 0 Å². The van der Waals surface area contributed by atoms with Crippen molar-refractivity contribution in [1.29, 1.82) is 0 Å². The zero-order valence-corrected chi connectivity index (χ0v) is 10.7. The van der Waals surface area contributed by atoms with E-state index in [9.17, 15) is 0 Å². The maximum atomic E-state index is 4.26. The lowest BCUT2D eigenvalue weighted by atomic mass is 9.60. The van der Waals surface area contributed by atoms with Crippen LogP contribution in [0, 0.1) is 5.41 Å². The zero-order valence-electron chi connectivity index (χ0n) is 10.7. The Morgan fingerprint density at radius 1 is 1.13 bits per heavy atom. The van der Waals surface area contributed by atoms with Crippen molar-refractivity contribution in [2.45, 2.75) is 52.9 Å². The Kier molecular flexibility index (Phi) is 3.54. The van der Waals surface area contributed by atoms with Crippen LogP contribution in [0.15, 0.2) is 24.5 Å². The van der Waals surface area contributed by atoms with Crippen LogP contribution < -0.4 is 0 Å². The number of hydrogen-bond donors (Lipinski definition) is 0. The Balaban J connectivity index is 3.24. The maximum absolute atomic E-state index is 4.26. The summed E-state index contributed by atoms with van der Waals surface area (Å²) in [5.74, 6) is 0. The normalized spacial score (nSPS) is 12.9. The van der Waals surface area contributed by atoms with E-state index in [0.29, 0.717) is 0 Å². The van der Waals surface area contributed by atoms with Crippen molar-refractivity contribution in [3.05, 3.63) is 30.1 Å². The molecule has 0 saturated heterocycles. The number of rotatable bonds is 3. The van der Waals surface area contributed by atoms with Gasteiger partial charge in [0.1, 0.15) is 0 Å². The van der Waals surface area contributed by atoms with Crippen molar-refractivity contribution in [2.24, 2.45) is 5.41 Å². The summed E-state index contributed by atoms with van der Waals surface area (Å²) < 4.78 is 0. The van der Waals surface area contributed by atoms with Crippen LogP contribution in [-0.2, 0) is 5.41 Å². The Bertz CT molecular complexity index is 291. The molecule has 0 fully saturated rings. The van der Waals surface area contributed by atoms with E-state index in [1.54, 1.807) is 0 Å². The van der Waals surface area contributed by atoms with Gasteiger partial charge in [0.25, 0.3) is 0 Å². The molecule has 15 heavy (non-hydrogen) atoms. The quantitative estimate of drug-likeness (QED) is 0.721. The molecule has 0 N–H and O–H groups in total. The second-order valence-corrected chi connectivity index (χ2v) is 5.28. The highest BCUT2D eigenvalue weighted by atomic mass is 14.6. The molecule has 1 nitrogen and oxygen atoms in total. The molecule has 1 heteroatoms. The molecule has 0 spiro atoms. The van der Waals surface area contributed by atoms with Crippen LogP contribution in [0.3, 0.4) is 0 Å². The molecule has 0 aliphatic rings. The van der Waals surface area contributed by atoms with Crippen LogP contribution in [0.1, 0.15) is 53.0 Å². The topological polar surface area (TPSA) is 12.9 Å². The average molecular weight is 205 g/mol. The monoisotopic (exact) mass is 205 g/mol.